The predicted molar refractivity (Wildman–Crippen MR) is 90.4 cm³/mol. The van der Waals surface area contributed by atoms with Crippen LogP contribution in [0.1, 0.15) is 31.7 Å². The van der Waals surface area contributed by atoms with Gasteiger partial charge >= 0.3 is 0 Å². The second kappa shape index (κ2) is 5.86. The lowest BCUT2D eigenvalue weighted by atomic mass is 10.0. The first-order valence-electron chi connectivity index (χ1n) is 7.29. The molecule has 0 spiro atoms. The van der Waals surface area contributed by atoms with Crippen molar-refractivity contribution in [1.82, 2.24) is 4.90 Å². The van der Waals surface area contributed by atoms with E-state index in [0.717, 1.165) is 54.4 Å². The van der Waals surface area contributed by atoms with Crippen molar-refractivity contribution in [1.29, 1.82) is 0 Å². The molecule has 2 aliphatic rings. The number of nitrogens with zero attached hydrogens (tertiary/aromatic N) is 3. The van der Waals surface area contributed by atoms with Gasteiger partial charge in [0.2, 0.25) is 0 Å². The summed E-state index contributed by atoms with van der Waals surface area (Å²) >= 11 is 6.35. The van der Waals surface area contributed by atoms with Crippen LogP contribution in [0.4, 0.5) is 5.69 Å². The lowest BCUT2D eigenvalue weighted by Gasteiger charge is -2.32. The summed E-state index contributed by atoms with van der Waals surface area (Å²) in [5.74, 6) is 1.90. The van der Waals surface area contributed by atoms with E-state index >= 15 is 0 Å². The predicted octanol–water partition coefficient (Wildman–Crippen LogP) is 4.81. The van der Waals surface area contributed by atoms with Crippen molar-refractivity contribution in [3.8, 4) is 0 Å². The molecule has 0 saturated heterocycles. The fourth-order valence-corrected chi connectivity index (χ4v) is 2.90. The third-order valence-corrected chi connectivity index (χ3v) is 3.98. The van der Waals surface area contributed by atoms with Gasteiger partial charge in [-0.15, -0.1) is 0 Å². The molecule has 2 aliphatic heterocycles. The monoisotopic (exact) mass is 299 g/mol. The molecule has 0 bridgehead atoms. The second-order valence-electron chi connectivity index (χ2n) is 5.15. The van der Waals surface area contributed by atoms with Gasteiger partial charge in [0.15, 0.2) is 0 Å². The number of hydrogen-bond donors (Lipinski definition) is 0. The van der Waals surface area contributed by atoms with Gasteiger partial charge in [0.1, 0.15) is 11.7 Å². The third-order valence-electron chi connectivity index (χ3n) is 3.67. The van der Waals surface area contributed by atoms with Crippen molar-refractivity contribution in [3.05, 3.63) is 47.5 Å². The van der Waals surface area contributed by atoms with Gasteiger partial charge in [-0.25, -0.2) is 4.99 Å². The van der Waals surface area contributed by atoms with E-state index in [1.807, 2.05) is 35.3 Å². The number of rotatable bonds is 3. The van der Waals surface area contributed by atoms with Gasteiger partial charge in [0.05, 0.1) is 23.0 Å². The summed E-state index contributed by atoms with van der Waals surface area (Å²) in [5.41, 5.74) is 2.67. The fraction of sp³-hybridized carbons (Fsp3) is 0.294. The molecule has 0 saturated carbocycles. The Bertz CT molecular complexity index is 671. The zero-order valence-electron chi connectivity index (χ0n) is 12.1. The van der Waals surface area contributed by atoms with Gasteiger partial charge in [-0.1, -0.05) is 43.7 Å². The Morgan fingerprint density at radius 1 is 1.38 bits per heavy atom. The van der Waals surface area contributed by atoms with E-state index in [4.69, 9.17) is 16.6 Å². The molecule has 0 unspecified atom stereocenters. The summed E-state index contributed by atoms with van der Waals surface area (Å²) in [4.78, 5) is 11.4. The molecule has 2 heterocycles. The zero-order valence-corrected chi connectivity index (χ0v) is 12.9. The summed E-state index contributed by atoms with van der Waals surface area (Å²) in [6.07, 6.45) is 7.20. The molecule has 0 N–H and O–H groups in total. The van der Waals surface area contributed by atoms with Crippen molar-refractivity contribution in [2.24, 2.45) is 9.98 Å². The van der Waals surface area contributed by atoms with E-state index in [0.29, 0.717) is 5.02 Å². The topological polar surface area (TPSA) is 28.0 Å². The Labute approximate surface area is 130 Å². The first-order valence-corrected chi connectivity index (χ1v) is 7.66. The van der Waals surface area contributed by atoms with E-state index in [2.05, 4.69) is 18.5 Å². The van der Waals surface area contributed by atoms with Crippen LogP contribution in [0.25, 0.3) is 5.70 Å². The maximum atomic E-state index is 6.35. The van der Waals surface area contributed by atoms with Gasteiger partial charge in [-0.05, 0) is 24.6 Å². The molecule has 3 nitrogen and oxygen atoms in total. The maximum absolute atomic E-state index is 6.35. The van der Waals surface area contributed by atoms with Crippen LogP contribution < -0.4 is 0 Å². The number of benzene rings is 1. The minimum atomic E-state index is 0.684. The highest BCUT2D eigenvalue weighted by Gasteiger charge is 2.28. The van der Waals surface area contributed by atoms with Gasteiger partial charge in [0.25, 0.3) is 0 Å². The lowest BCUT2D eigenvalue weighted by molar-refractivity contribution is 0.755. The van der Waals surface area contributed by atoms with Gasteiger partial charge in [-0.3, -0.25) is 9.89 Å². The zero-order chi connectivity index (χ0) is 14.8. The average Bonchev–Trinajstić information content (AvgIpc) is 2.98. The van der Waals surface area contributed by atoms with Crippen molar-refractivity contribution >= 4 is 34.7 Å². The van der Waals surface area contributed by atoms with E-state index < -0.39 is 0 Å². The Morgan fingerprint density at radius 2 is 2.24 bits per heavy atom. The normalized spacial score (nSPS) is 16.9. The number of amidine groups is 2. The molecule has 0 fully saturated rings. The highest BCUT2D eigenvalue weighted by atomic mass is 35.5. The highest BCUT2D eigenvalue weighted by Crippen LogP contribution is 2.39. The molecular formula is C17H18ClN3. The molecule has 108 valence electrons. The van der Waals surface area contributed by atoms with Crippen molar-refractivity contribution in [3.63, 3.8) is 0 Å². The summed E-state index contributed by atoms with van der Waals surface area (Å²) in [5, 5.41) is 0.684. The highest BCUT2D eigenvalue weighted by molar-refractivity contribution is 6.33. The van der Waals surface area contributed by atoms with Gasteiger partial charge < -0.3 is 0 Å². The first-order chi connectivity index (χ1) is 10.2. The molecule has 1 aromatic carbocycles. The van der Waals surface area contributed by atoms with Crippen molar-refractivity contribution < 1.29 is 0 Å². The molecule has 0 aromatic heterocycles. The molecule has 1 aromatic rings. The maximum Gasteiger partial charge on any atom is 0.133 e. The molecule has 0 amide bonds. The van der Waals surface area contributed by atoms with Crippen LogP contribution >= 0.6 is 11.6 Å². The third kappa shape index (κ3) is 2.54. The smallest absolute Gasteiger partial charge is 0.133 e. The largest absolute Gasteiger partial charge is 0.283 e. The number of aliphatic imine (C=N–C) groups is 2. The lowest BCUT2D eigenvalue weighted by Crippen LogP contribution is -2.35. The van der Waals surface area contributed by atoms with Crippen LogP contribution in [0.2, 0.25) is 5.02 Å². The standard InChI is InChI=1S/C17H18ClN3/c1-3-4-9-16-20-14-8-5-7-13(18)17(14)12(2)21(16)15-10-6-11-19-15/h5-8,10H,2-4,9,11H2,1H3. The number of fused-ring (bicyclic) bond motifs is 1. The number of halogens is 1. The number of hydrogen-bond acceptors (Lipinski definition) is 3. The Hall–Kier alpha value is -1.87. The average molecular weight is 300 g/mol. The Kier molecular flexibility index (Phi) is 3.93. The molecule has 21 heavy (non-hydrogen) atoms. The second-order valence-corrected chi connectivity index (χ2v) is 5.56. The summed E-state index contributed by atoms with van der Waals surface area (Å²) < 4.78 is 0. The molecular weight excluding hydrogens is 282 g/mol. The molecule has 0 radical (unpaired) electrons. The fourth-order valence-electron chi connectivity index (χ4n) is 2.62. The van der Waals surface area contributed by atoms with Gasteiger partial charge in [0, 0.05) is 12.0 Å². The van der Waals surface area contributed by atoms with Crippen LogP contribution in [0.3, 0.4) is 0 Å². The van der Waals surface area contributed by atoms with Crippen LogP contribution in [0.5, 0.6) is 0 Å². The molecule has 4 heteroatoms. The summed E-state index contributed by atoms with van der Waals surface area (Å²) in [7, 11) is 0. The summed E-state index contributed by atoms with van der Waals surface area (Å²) in [6, 6.07) is 5.79. The molecule has 0 atom stereocenters. The van der Waals surface area contributed by atoms with E-state index in [1.54, 1.807) is 0 Å². The number of unbranched alkanes of at least 4 members (excludes halogenated alkanes) is 1. The van der Waals surface area contributed by atoms with Crippen molar-refractivity contribution in [2.75, 3.05) is 6.54 Å². The van der Waals surface area contributed by atoms with E-state index in [-0.39, 0.29) is 0 Å². The van der Waals surface area contributed by atoms with E-state index in [9.17, 15) is 0 Å². The summed E-state index contributed by atoms with van der Waals surface area (Å²) in [6.45, 7) is 7.15. The minimum Gasteiger partial charge on any atom is -0.283 e. The van der Waals surface area contributed by atoms with Gasteiger partial charge in [-0.2, -0.15) is 0 Å². The van der Waals surface area contributed by atoms with Crippen LogP contribution in [0, 0.1) is 0 Å². The van der Waals surface area contributed by atoms with Crippen LogP contribution in [-0.4, -0.2) is 23.1 Å². The van der Waals surface area contributed by atoms with Crippen LogP contribution in [0.15, 0.2) is 46.9 Å². The van der Waals surface area contributed by atoms with Crippen LogP contribution in [-0.2, 0) is 0 Å². The Morgan fingerprint density at radius 3 is 2.95 bits per heavy atom. The first kappa shape index (κ1) is 14.1. The molecule has 3 rings (SSSR count). The Balaban J connectivity index is 2.08. The minimum absolute atomic E-state index is 0.684. The van der Waals surface area contributed by atoms with Crippen molar-refractivity contribution in [2.45, 2.75) is 26.2 Å². The SMILES string of the molecule is C=C1c2c(Cl)cccc2N=C(CCCC)N1C1=NCC=C1. The molecule has 0 aliphatic carbocycles. The quantitative estimate of drug-likeness (QED) is 0.786. The van der Waals surface area contributed by atoms with E-state index in [1.165, 1.54) is 0 Å².